The summed E-state index contributed by atoms with van der Waals surface area (Å²) in [5, 5.41) is 0. The highest BCUT2D eigenvalue weighted by atomic mass is 15.2. The van der Waals surface area contributed by atoms with Crippen molar-refractivity contribution in [1.82, 2.24) is 4.90 Å². The van der Waals surface area contributed by atoms with E-state index in [1.165, 1.54) is 30.5 Å². The van der Waals surface area contributed by atoms with Crippen LogP contribution in [0.1, 0.15) is 52.5 Å². The lowest BCUT2D eigenvalue weighted by Crippen LogP contribution is -2.35. The Morgan fingerprint density at radius 2 is 1.84 bits per heavy atom. The standard InChI is InChI=1S/C18H29N/c1-6-7-11-16(4)17(5)19(15(2)3)14-18-12-9-8-10-13-18/h8-10,12-13,16-17H,2,6-7,11,14H2,1,3-5H3. The first-order valence-electron chi connectivity index (χ1n) is 7.52. The van der Waals surface area contributed by atoms with E-state index < -0.39 is 0 Å². The van der Waals surface area contributed by atoms with Gasteiger partial charge in [-0.25, -0.2) is 0 Å². The number of unbranched alkanes of at least 4 members (excludes halogenated alkanes) is 1. The molecule has 2 unspecified atom stereocenters. The highest BCUT2D eigenvalue weighted by Gasteiger charge is 2.19. The average molecular weight is 259 g/mol. The van der Waals surface area contributed by atoms with E-state index in [2.05, 4.69) is 69.5 Å². The second kappa shape index (κ2) is 8.04. The van der Waals surface area contributed by atoms with Crippen molar-refractivity contribution in [3.8, 4) is 0 Å². The second-order valence-electron chi connectivity index (χ2n) is 5.71. The van der Waals surface area contributed by atoms with E-state index in [9.17, 15) is 0 Å². The Kier molecular flexibility index (Phi) is 6.69. The zero-order chi connectivity index (χ0) is 14.3. The number of hydrogen-bond acceptors (Lipinski definition) is 1. The molecule has 1 aromatic carbocycles. The number of hydrogen-bond donors (Lipinski definition) is 0. The molecule has 2 atom stereocenters. The summed E-state index contributed by atoms with van der Waals surface area (Å²) < 4.78 is 0. The first kappa shape index (κ1) is 15.8. The van der Waals surface area contributed by atoms with E-state index in [0.29, 0.717) is 12.0 Å². The van der Waals surface area contributed by atoms with Crippen LogP contribution in [-0.4, -0.2) is 10.9 Å². The summed E-state index contributed by atoms with van der Waals surface area (Å²) in [6.45, 7) is 14.2. The molecule has 0 N–H and O–H groups in total. The third kappa shape index (κ3) is 5.10. The van der Waals surface area contributed by atoms with Gasteiger partial charge in [-0.15, -0.1) is 0 Å². The first-order valence-corrected chi connectivity index (χ1v) is 7.52. The molecule has 0 saturated heterocycles. The van der Waals surface area contributed by atoms with E-state index >= 15 is 0 Å². The Balaban J connectivity index is 2.69. The summed E-state index contributed by atoms with van der Waals surface area (Å²) in [5.41, 5.74) is 2.53. The molecule has 106 valence electrons. The fraction of sp³-hybridized carbons (Fsp3) is 0.556. The molecule has 0 saturated carbocycles. The minimum Gasteiger partial charge on any atom is -0.368 e. The molecule has 19 heavy (non-hydrogen) atoms. The van der Waals surface area contributed by atoms with Crippen LogP contribution >= 0.6 is 0 Å². The predicted octanol–water partition coefficient (Wildman–Crippen LogP) is 5.24. The van der Waals surface area contributed by atoms with Gasteiger partial charge in [0.15, 0.2) is 0 Å². The Bertz CT molecular complexity index is 369. The number of benzene rings is 1. The summed E-state index contributed by atoms with van der Waals surface area (Å²) in [6, 6.07) is 11.2. The minimum atomic E-state index is 0.546. The molecule has 1 rings (SSSR count). The van der Waals surface area contributed by atoms with Crippen LogP contribution in [0.25, 0.3) is 0 Å². The highest BCUT2D eigenvalue weighted by molar-refractivity contribution is 5.15. The van der Waals surface area contributed by atoms with Gasteiger partial charge in [0, 0.05) is 18.3 Å². The maximum absolute atomic E-state index is 4.16. The number of rotatable bonds is 8. The summed E-state index contributed by atoms with van der Waals surface area (Å²) in [5.74, 6) is 0.709. The van der Waals surface area contributed by atoms with Gasteiger partial charge in [-0.2, -0.15) is 0 Å². The summed E-state index contributed by atoms with van der Waals surface area (Å²) in [4.78, 5) is 2.44. The number of nitrogens with zero attached hydrogens (tertiary/aromatic N) is 1. The minimum absolute atomic E-state index is 0.546. The average Bonchev–Trinajstić information content (AvgIpc) is 2.42. The van der Waals surface area contributed by atoms with Gasteiger partial charge in [-0.05, 0) is 31.7 Å². The fourth-order valence-corrected chi connectivity index (χ4v) is 2.48. The van der Waals surface area contributed by atoms with Crippen LogP contribution in [-0.2, 0) is 6.54 Å². The molecular weight excluding hydrogens is 230 g/mol. The van der Waals surface area contributed by atoms with Gasteiger partial charge in [0.1, 0.15) is 0 Å². The molecule has 0 heterocycles. The molecule has 1 aromatic rings. The van der Waals surface area contributed by atoms with Gasteiger partial charge in [-0.3, -0.25) is 0 Å². The zero-order valence-corrected chi connectivity index (χ0v) is 13.0. The molecule has 0 fully saturated rings. The third-order valence-electron chi connectivity index (χ3n) is 4.01. The third-order valence-corrected chi connectivity index (χ3v) is 4.01. The quantitative estimate of drug-likeness (QED) is 0.617. The Morgan fingerprint density at radius 3 is 2.37 bits per heavy atom. The van der Waals surface area contributed by atoms with Crippen molar-refractivity contribution < 1.29 is 0 Å². The fourth-order valence-electron chi connectivity index (χ4n) is 2.48. The van der Waals surface area contributed by atoms with Crippen molar-refractivity contribution in [2.24, 2.45) is 5.92 Å². The molecule has 0 aliphatic heterocycles. The van der Waals surface area contributed by atoms with Gasteiger partial charge < -0.3 is 4.90 Å². The van der Waals surface area contributed by atoms with Crippen molar-refractivity contribution in [3.05, 3.63) is 48.2 Å². The normalized spacial score (nSPS) is 13.9. The molecule has 0 amide bonds. The van der Waals surface area contributed by atoms with Gasteiger partial charge in [-0.1, -0.05) is 63.6 Å². The van der Waals surface area contributed by atoms with E-state index in [4.69, 9.17) is 0 Å². The topological polar surface area (TPSA) is 3.24 Å². The Morgan fingerprint density at radius 1 is 1.21 bits per heavy atom. The highest BCUT2D eigenvalue weighted by Crippen LogP contribution is 2.22. The van der Waals surface area contributed by atoms with Crippen molar-refractivity contribution in [3.63, 3.8) is 0 Å². The maximum atomic E-state index is 4.16. The van der Waals surface area contributed by atoms with E-state index in [1.807, 2.05) is 0 Å². The molecule has 0 aliphatic carbocycles. The van der Waals surface area contributed by atoms with Crippen LogP contribution in [0.5, 0.6) is 0 Å². The van der Waals surface area contributed by atoms with Crippen molar-refractivity contribution >= 4 is 0 Å². The van der Waals surface area contributed by atoms with E-state index in [-0.39, 0.29) is 0 Å². The van der Waals surface area contributed by atoms with Crippen molar-refractivity contribution in [2.45, 2.75) is 59.5 Å². The van der Waals surface area contributed by atoms with Crippen molar-refractivity contribution in [2.75, 3.05) is 0 Å². The molecule has 0 spiro atoms. The smallest absolute Gasteiger partial charge is 0.0429 e. The summed E-state index contributed by atoms with van der Waals surface area (Å²) in [6.07, 6.45) is 3.90. The van der Waals surface area contributed by atoms with Crippen LogP contribution in [0.15, 0.2) is 42.6 Å². The molecular formula is C18H29N. The Hall–Kier alpha value is -1.24. The second-order valence-corrected chi connectivity index (χ2v) is 5.71. The van der Waals surface area contributed by atoms with Crippen LogP contribution in [0.3, 0.4) is 0 Å². The lowest BCUT2D eigenvalue weighted by Gasteiger charge is -2.35. The predicted molar refractivity (Wildman–Crippen MR) is 85.0 cm³/mol. The SMILES string of the molecule is C=C(C)N(Cc1ccccc1)C(C)C(C)CCCC. The lowest BCUT2D eigenvalue weighted by atomic mass is 9.95. The number of allylic oxidation sites excluding steroid dienone is 1. The van der Waals surface area contributed by atoms with Crippen LogP contribution in [0, 0.1) is 5.92 Å². The van der Waals surface area contributed by atoms with Gasteiger partial charge in [0.25, 0.3) is 0 Å². The van der Waals surface area contributed by atoms with Gasteiger partial charge in [0.2, 0.25) is 0 Å². The van der Waals surface area contributed by atoms with Gasteiger partial charge in [0.05, 0.1) is 0 Å². The molecule has 0 radical (unpaired) electrons. The molecule has 0 bridgehead atoms. The Labute approximate surface area is 119 Å². The first-order chi connectivity index (χ1) is 9.06. The monoisotopic (exact) mass is 259 g/mol. The largest absolute Gasteiger partial charge is 0.368 e. The lowest BCUT2D eigenvalue weighted by molar-refractivity contribution is 0.192. The zero-order valence-electron chi connectivity index (χ0n) is 13.0. The van der Waals surface area contributed by atoms with Crippen LogP contribution in [0.2, 0.25) is 0 Å². The van der Waals surface area contributed by atoms with Crippen molar-refractivity contribution in [1.29, 1.82) is 0 Å². The van der Waals surface area contributed by atoms with E-state index in [1.54, 1.807) is 0 Å². The summed E-state index contributed by atoms with van der Waals surface area (Å²) in [7, 11) is 0. The summed E-state index contributed by atoms with van der Waals surface area (Å²) >= 11 is 0. The maximum Gasteiger partial charge on any atom is 0.0429 e. The van der Waals surface area contributed by atoms with Gasteiger partial charge >= 0.3 is 0 Å². The molecule has 0 aromatic heterocycles. The molecule has 1 nitrogen and oxygen atoms in total. The van der Waals surface area contributed by atoms with Crippen LogP contribution < -0.4 is 0 Å². The molecule has 0 aliphatic rings. The van der Waals surface area contributed by atoms with Crippen LogP contribution in [0.4, 0.5) is 0 Å². The molecule has 1 heteroatoms. The van der Waals surface area contributed by atoms with E-state index in [0.717, 1.165) is 6.54 Å².